The van der Waals surface area contributed by atoms with Crippen molar-refractivity contribution >= 4 is 11.9 Å². The Bertz CT molecular complexity index is 841. The van der Waals surface area contributed by atoms with Gasteiger partial charge in [0.25, 0.3) is 0 Å². The van der Waals surface area contributed by atoms with Gasteiger partial charge < -0.3 is 20.5 Å². The van der Waals surface area contributed by atoms with Crippen LogP contribution in [0.1, 0.15) is 28.3 Å². The van der Waals surface area contributed by atoms with E-state index in [1.165, 1.54) is 24.5 Å². The molecule has 0 bridgehead atoms. The van der Waals surface area contributed by atoms with Crippen LogP contribution in [0.25, 0.3) is 11.1 Å². The molecule has 0 unspecified atom stereocenters. The summed E-state index contributed by atoms with van der Waals surface area (Å²) < 4.78 is 0. The number of carbonyl (C=O) groups is 2. The molecule has 0 spiro atoms. The van der Waals surface area contributed by atoms with E-state index in [-0.39, 0.29) is 11.5 Å². The third-order valence-corrected chi connectivity index (χ3v) is 4.12. The predicted molar refractivity (Wildman–Crippen MR) is 84.0 cm³/mol. The Balaban J connectivity index is 2.09. The molecule has 0 aliphatic carbocycles. The SMILES string of the molecule is O=C(O)c1cc(-c2cnc(=O)[nH]c2)cc([C@H]2CCN[C@@H]2C(=O)O)c1. The molecule has 1 aromatic heterocycles. The fourth-order valence-electron chi connectivity index (χ4n) is 2.98. The van der Waals surface area contributed by atoms with Crippen molar-refractivity contribution in [3.8, 4) is 11.1 Å². The number of hydrogen-bond donors (Lipinski definition) is 4. The minimum absolute atomic E-state index is 0.0599. The highest BCUT2D eigenvalue weighted by Gasteiger charge is 2.34. The average Bonchev–Trinajstić information content (AvgIpc) is 3.05. The summed E-state index contributed by atoms with van der Waals surface area (Å²) in [6.07, 6.45) is 3.40. The van der Waals surface area contributed by atoms with E-state index in [2.05, 4.69) is 15.3 Å². The lowest BCUT2D eigenvalue weighted by molar-refractivity contribution is -0.139. The molecule has 1 fully saturated rings. The van der Waals surface area contributed by atoms with Crippen molar-refractivity contribution in [2.75, 3.05) is 6.54 Å². The molecule has 8 heteroatoms. The van der Waals surface area contributed by atoms with Crippen molar-refractivity contribution in [1.82, 2.24) is 15.3 Å². The molecule has 2 aromatic rings. The van der Waals surface area contributed by atoms with Gasteiger partial charge in [-0.15, -0.1) is 0 Å². The molecule has 3 rings (SSSR count). The van der Waals surface area contributed by atoms with Gasteiger partial charge in [-0.05, 0) is 36.2 Å². The third kappa shape index (κ3) is 3.04. The molecule has 124 valence electrons. The Morgan fingerprint density at radius 2 is 1.96 bits per heavy atom. The van der Waals surface area contributed by atoms with E-state index in [4.69, 9.17) is 0 Å². The van der Waals surface area contributed by atoms with Crippen molar-refractivity contribution in [2.24, 2.45) is 0 Å². The maximum Gasteiger partial charge on any atom is 0.344 e. The lowest BCUT2D eigenvalue weighted by Crippen LogP contribution is -2.34. The molecular weight excluding hydrogens is 314 g/mol. The molecule has 0 saturated carbocycles. The largest absolute Gasteiger partial charge is 0.480 e. The first-order valence-corrected chi connectivity index (χ1v) is 7.35. The number of aromatic nitrogens is 2. The quantitative estimate of drug-likeness (QED) is 0.648. The average molecular weight is 329 g/mol. The second-order valence-electron chi connectivity index (χ2n) is 5.62. The smallest absolute Gasteiger partial charge is 0.344 e. The monoisotopic (exact) mass is 329 g/mol. The van der Waals surface area contributed by atoms with Crippen molar-refractivity contribution in [3.63, 3.8) is 0 Å². The van der Waals surface area contributed by atoms with Gasteiger partial charge in [-0.1, -0.05) is 6.07 Å². The Labute approximate surface area is 136 Å². The fraction of sp³-hybridized carbons (Fsp3) is 0.250. The Morgan fingerprint density at radius 1 is 1.17 bits per heavy atom. The molecule has 1 aliphatic heterocycles. The molecular formula is C16H15N3O5. The van der Waals surface area contributed by atoms with Gasteiger partial charge in [0, 0.05) is 23.9 Å². The van der Waals surface area contributed by atoms with Gasteiger partial charge in [-0.2, -0.15) is 0 Å². The van der Waals surface area contributed by atoms with E-state index >= 15 is 0 Å². The molecule has 1 aliphatic rings. The van der Waals surface area contributed by atoms with Gasteiger partial charge in [-0.25, -0.2) is 14.6 Å². The van der Waals surface area contributed by atoms with Gasteiger partial charge in [0.05, 0.1) is 5.56 Å². The molecule has 1 aromatic carbocycles. The number of benzene rings is 1. The summed E-state index contributed by atoms with van der Waals surface area (Å²) in [4.78, 5) is 39.9. The van der Waals surface area contributed by atoms with Crippen LogP contribution in [-0.4, -0.2) is 44.7 Å². The zero-order chi connectivity index (χ0) is 17.3. The highest BCUT2D eigenvalue weighted by molar-refractivity contribution is 5.90. The van der Waals surface area contributed by atoms with Crippen LogP contribution in [0.15, 0.2) is 35.4 Å². The highest BCUT2D eigenvalue weighted by Crippen LogP contribution is 2.32. The molecule has 24 heavy (non-hydrogen) atoms. The summed E-state index contributed by atoms with van der Waals surface area (Å²) in [5.74, 6) is -2.39. The number of rotatable bonds is 4. The summed E-state index contributed by atoms with van der Waals surface area (Å²) in [6, 6.07) is 3.96. The zero-order valence-electron chi connectivity index (χ0n) is 12.5. The van der Waals surface area contributed by atoms with Gasteiger partial charge in [0.2, 0.25) is 0 Å². The van der Waals surface area contributed by atoms with Crippen molar-refractivity contribution in [1.29, 1.82) is 0 Å². The van der Waals surface area contributed by atoms with Gasteiger partial charge in [-0.3, -0.25) is 4.79 Å². The number of carboxylic acids is 2. The predicted octanol–water partition coefficient (Wildman–Crippen LogP) is 0.665. The summed E-state index contributed by atoms with van der Waals surface area (Å²) in [5.41, 5.74) is 1.30. The molecule has 2 heterocycles. The standard InChI is InChI=1S/C16H15N3O5/c20-14(21)10-4-8(11-6-18-16(24)19-7-11)3-9(5-10)12-1-2-17-13(12)15(22)23/h3-7,12-13,17H,1-2H2,(H,20,21)(H,22,23)(H,18,19,24)/t12-,13+/m1/s1. The van der Waals surface area contributed by atoms with Crippen LogP contribution in [0.5, 0.6) is 0 Å². The van der Waals surface area contributed by atoms with Crippen LogP contribution in [0.4, 0.5) is 0 Å². The number of nitrogens with zero attached hydrogens (tertiary/aromatic N) is 1. The summed E-state index contributed by atoms with van der Waals surface area (Å²) in [5, 5.41) is 21.6. The molecule has 8 nitrogen and oxygen atoms in total. The number of aromatic carboxylic acids is 1. The van der Waals surface area contributed by atoms with Crippen LogP contribution in [0.2, 0.25) is 0 Å². The number of H-pyrrole nitrogens is 1. The Morgan fingerprint density at radius 3 is 2.58 bits per heavy atom. The van der Waals surface area contributed by atoms with E-state index < -0.39 is 23.7 Å². The van der Waals surface area contributed by atoms with Crippen LogP contribution in [0.3, 0.4) is 0 Å². The first kappa shape index (κ1) is 15.9. The second kappa shape index (κ2) is 6.25. The topological polar surface area (TPSA) is 132 Å². The third-order valence-electron chi connectivity index (χ3n) is 4.12. The van der Waals surface area contributed by atoms with Crippen LogP contribution >= 0.6 is 0 Å². The minimum atomic E-state index is -1.10. The molecule has 4 N–H and O–H groups in total. The highest BCUT2D eigenvalue weighted by atomic mass is 16.4. The van der Waals surface area contributed by atoms with E-state index in [0.29, 0.717) is 29.7 Å². The van der Waals surface area contributed by atoms with Crippen LogP contribution in [-0.2, 0) is 4.79 Å². The summed E-state index contributed by atoms with van der Waals surface area (Å²) in [7, 11) is 0. The first-order chi connectivity index (χ1) is 11.5. The van der Waals surface area contributed by atoms with E-state index in [9.17, 15) is 24.6 Å². The maximum atomic E-state index is 11.4. The molecule has 0 radical (unpaired) electrons. The fourth-order valence-corrected chi connectivity index (χ4v) is 2.98. The van der Waals surface area contributed by atoms with Gasteiger partial charge in [0.15, 0.2) is 0 Å². The number of aliphatic carboxylic acids is 1. The summed E-state index contributed by atoms with van der Waals surface area (Å²) in [6.45, 7) is 0.550. The normalized spacial score (nSPS) is 20.0. The zero-order valence-corrected chi connectivity index (χ0v) is 12.5. The Kier molecular flexibility index (Phi) is 4.13. The number of carboxylic acid groups (broad SMARTS) is 2. The van der Waals surface area contributed by atoms with Crippen LogP contribution in [0, 0.1) is 0 Å². The molecule has 2 atom stereocenters. The van der Waals surface area contributed by atoms with Crippen molar-refractivity contribution in [2.45, 2.75) is 18.4 Å². The van der Waals surface area contributed by atoms with E-state index in [1.807, 2.05) is 0 Å². The first-order valence-electron chi connectivity index (χ1n) is 7.35. The number of hydrogen-bond acceptors (Lipinski definition) is 5. The van der Waals surface area contributed by atoms with E-state index in [1.54, 1.807) is 6.07 Å². The van der Waals surface area contributed by atoms with E-state index in [0.717, 1.165) is 0 Å². The van der Waals surface area contributed by atoms with Gasteiger partial charge >= 0.3 is 17.6 Å². The lowest BCUT2D eigenvalue weighted by Gasteiger charge is -2.17. The second-order valence-corrected chi connectivity index (χ2v) is 5.62. The number of aromatic amines is 1. The minimum Gasteiger partial charge on any atom is -0.480 e. The lowest BCUT2D eigenvalue weighted by atomic mass is 9.88. The number of nitrogens with one attached hydrogen (secondary N) is 2. The maximum absolute atomic E-state index is 11.4. The molecule has 0 amide bonds. The summed E-state index contributed by atoms with van der Waals surface area (Å²) >= 11 is 0. The van der Waals surface area contributed by atoms with Crippen molar-refractivity contribution in [3.05, 3.63) is 52.2 Å². The van der Waals surface area contributed by atoms with Gasteiger partial charge in [0.1, 0.15) is 6.04 Å². The Hall–Kier alpha value is -3.00. The van der Waals surface area contributed by atoms with Crippen LogP contribution < -0.4 is 11.0 Å². The van der Waals surface area contributed by atoms with Crippen molar-refractivity contribution < 1.29 is 19.8 Å². The molecule has 1 saturated heterocycles.